The molecule has 1 aliphatic rings. The van der Waals surface area contributed by atoms with Gasteiger partial charge in [-0.05, 0) is 67.6 Å². The van der Waals surface area contributed by atoms with Crippen LogP contribution < -0.4 is 14.9 Å². The summed E-state index contributed by atoms with van der Waals surface area (Å²) in [6.07, 6.45) is 7.81. The van der Waals surface area contributed by atoms with E-state index in [2.05, 4.69) is 22.0 Å². The van der Waals surface area contributed by atoms with Gasteiger partial charge in [0.2, 0.25) is 5.43 Å². The number of carbonyl (C=O) groups excluding carboxylic acids is 1. The molecule has 1 saturated carbocycles. The average Bonchev–Trinajstić information content (AvgIpc) is 3.84. The Morgan fingerprint density at radius 1 is 1.02 bits per heavy atom. The molecule has 41 heavy (non-hydrogen) atoms. The number of fused-ring (bicyclic) bond motifs is 1. The molecule has 8 heteroatoms. The molecule has 3 aromatic heterocycles. The molecule has 5 aromatic rings. The number of carbonyl (C=O) groups is 1. The van der Waals surface area contributed by atoms with Crippen LogP contribution in [0.1, 0.15) is 53.1 Å². The van der Waals surface area contributed by atoms with Gasteiger partial charge in [-0.1, -0.05) is 36.8 Å². The first-order chi connectivity index (χ1) is 19.9. The standard InChI is InChI=1S/C33H30N4O4/c1-4-21-15-28-26(17-31(21)40-3)30(13-14-34-28)41-25-12-9-23(35-18-25)16-29(38)32-33(39)27(19-37(36-32)24-10-11-24)22-7-5-20(2)6-8-22/h5-9,12-15,17-19,24H,4,10-11,16H2,1-3H3. The smallest absolute Gasteiger partial charge is 0.219 e. The molecule has 206 valence electrons. The highest BCUT2D eigenvalue weighted by Crippen LogP contribution is 2.35. The SMILES string of the molecule is CCc1cc2nccc(Oc3ccc(CC(=O)c4nn(C5CC5)cc(-c5ccc(C)cc5)c4=O)nc3)c2cc1OC. The quantitative estimate of drug-likeness (QED) is 0.201. The topological polar surface area (TPSA) is 96.2 Å². The van der Waals surface area contributed by atoms with Crippen molar-refractivity contribution in [1.29, 1.82) is 0 Å². The van der Waals surface area contributed by atoms with Crippen LogP contribution in [0.25, 0.3) is 22.0 Å². The van der Waals surface area contributed by atoms with Crippen molar-refractivity contribution in [3.05, 3.63) is 106 Å². The summed E-state index contributed by atoms with van der Waals surface area (Å²) in [7, 11) is 1.65. The summed E-state index contributed by atoms with van der Waals surface area (Å²) in [6.45, 7) is 4.07. The van der Waals surface area contributed by atoms with E-state index in [0.29, 0.717) is 22.8 Å². The van der Waals surface area contributed by atoms with Crippen molar-refractivity contribution >= 4 is 16.7 Å². The Bertz CT molecular complexity index is 1810. The molecule has 0 saturated heterocycles. The van der Waals surface area contributed by atoms with Crippen LogP contribution in [0, 0.1) is 6.92 Å². The minimum atomic E-state index is -0.363. The lowest BCUT2D eigenvalue weighted by Crippen LogP contribution is -2.24. The van der Waals surface area contributed by atoms with E-state index in [4.69, 9.17) is 9.47 Å². The van der Waals surface area contributed by atoms with E-state index >= 15 is 0 Å². The molecule has 6 rings (SSSR count). The second kappa shape index (κ2) is 11.0. The molecular formula is C33H30N4O4. The van der Waals surface area contributed by atoms with Crippen LogP contribution in [0.2, 0.25) is 0 Å². The molecule has 0 bridgehead atoms. The van der Waals surface area contributed by atoms with Crippen molar-refractivity contribution in [2.45, 2.75) is 45.6 Å². The van der Waals surface area contributed by atoms with Crippen LogP contribution in [-0.2, 0) is 12.8 Å². The third kappa shape index (κ3) is 5.45. The highest BCUT2D eigenvalue weighted by Gasteiger charge is 2.27. The van der Waals surface area contributed by atoms with Gasteiger partial charge in [0, 0.05) is 29.0 Å². The largest absolute Gasteiger partial charge is 0.496 e. The number of ketones is 1. The van der Waals surface area contributed by atoms with Gasteiger partial charge in [0.05, 0.1) is 31.3 Å². The van der Waals surface area contributed by atoms with Gasteiger partial charge in [-0.25, -0.2) is 0 Å². The Hall–Kier alpha value is -4.85. The maximum atomic E-state index is 13.4. The summed E-state index contributed by atoms with van der Waals surface area (Å²) in [5.74, 6) is 1.56. The van der Waals surface area contributed by atoms with Crippen molar-refractivity contribution in [1.82, 2.24) is 19.7 Å². The monoisotopic (exact) mass is 546 g/mol. The van der Waals surface area contributed by atoms with Crippen LogP contribution in [-0.4, -0.2) is 32.6 Å². The maximum Gasteiger partial charge on any atom is 0.219 e. The molecule has 0 aliphatic heterocycles. The van der Waals surface area contributed by atoms with Gasteiger partial charge in [0.25, 0.3) is 0 Å². The van der Waals surface area contributed by atoms with Crippen LogP contribution in [0.15, 0.2) is 78.0 Å². The van der Waals surface area contributed by atoms with Crippen molar-refractivity contribution in [3.63, 3.8) is 0 Å². The number of Topliss-reactive ketones (excluding diaryl/α,β-unsaturated/α-hetero) is 1. The minimum Gasteiger partial charge on any atom is -0.496 e. The predicted octanol–water partition coefficient (Wildman–Crippen LogP) is 6.29. The lowest BCUT2D eigenvalue weighted by molar-refractivity contribution is 0.0983. The zero-order valence-electron chi connectivity index (χ0n) is 23.3. The molecule has 8 nitrogen and oxygen atoms in total. The summed E-state index contributed by atoms with van der Waals surface area (Å²) in [6, 6.07) is 17.2. The van der Waals surface area contributed by atoms with Gasteiger partial charge in [-0.15, -0.1) is 0 Å². The Morgan fingerprint density at radius 2 is 1.83 bits per heavy atom. The maximum absolute atomic E-state index is 13.4. The van der Waals surface area contributed by atoms with Crippen LogP contribution >= 0.6 is 0 Å². The summed E-state index contributed by atoms with van der Waals surface area (Å²) in [5.41, 5.74) is 4.36. The van der Waals surface area contributed by atoms with E-state index in [1.807, 2.05) is 43.3 Å². The lowest BCUT2D eigenvalue weighted by atomic mass is 10.0. The number of methoxy groups -OCH3 is 1. The summed E-state index contributed by atoms with van der Waals surface area (Å²) in [5, 5.41) is 5.28. The van der Waals surface area contributed by atoms with E-state index in [0.717, 1.165) is 52.6 Å². The van der Waals surface area contributed by atoms with E-state index < -0.39 is 0 Å². The van der Waals surface area contributed by atoms with Gasteiger partial charge in [0.1, 0.15) is 17.2 Å². The molecule has 2 aromatic carbocycles. The van der Waals surface area contributed by atoms with Gasteiger partial charge in [-0.2, -0.15) is 5.10 Å². The fourth-order valence-electron chi connectivity index (χ4n) is 4.85. The molecular weight excluding hydrogens is 516 g/mol. The number of pyridine rings is 2. The molecule has 0 spiro atoms. The molecule has 1 fully saturated rings. The van der Waals surface area contributed by atoms with Crippen molar-refractivity contribution < 1.29 is 14.3 Å². The third-order valence-electron chi connectivity index (χ3n) is 7.34. The van der Waals surface area contributed by atoms with Crippen LogP contribution in [0.3, 0.4) is 0 Å². The van der Waals surface area contributed by atoms with E-state index in [1.54, 1.807) is 48.6 Å². The zero-order valence-corrected chi connectivity index (χ0v) is 23.3. The van der Waals surface area contributed by atoms with Gasteiger partial charge in [0.15, 0.2) is 11.5 Å². The fraction of sp³-hybridized carbons (Fsp3) is 0.242. The van der Waals surface area contributed by atoms with E-state index in [9.17, 15) is 9.59 Å². The average molecular weight is 547 g/mol. The first-order valence-electron chi connectivity index (χ1n) is 13.8. The highest BCUT2D eigenvalue weighted by atomic mass is 16.5. The molecule has 0 N–H and O–H groups in total. The van der Waals surface area contributed by atoms with Crippen molar-refractivity contribution in [3.8, 4) is 28.4 Å². The number of benzene rings is 2. The van der Waals surface area contributed by atoms with E-state index in [-0.39, 0.29) is 29.4 Å². The third-order valence-corrected chi connectivity index (χ3v) is 7.34. The lowest BCUT2D eigenvalue weighted by Gasteiger charge is -2.12. The molecule has 0 atom stereocenters. The number of rotatable bonds is 9. The fourth-order valence-corrected chi connectivity index (χ4v) is 4.85. The molecule has 0 amide bonds. The number of nitrogens with zero attached hydrogens (tertiary/aromatic N) is 4. The molecule has 3 heterocycles. The summed E-state index contributed by atoms with van der Waals surface area (Å²) in [4.78, 5) is 35.6. The second-order valence-corrected chi connectivity index (χ2v) is 10.3. The normalized spacial score (nSPS) is 12.9. The number of hydrogen-bond acceptors (Lipinski definition) is 7. The Labute approximate surface area is 237 Å². The summed E-state index contributed by atoms with van der Waals surface area (Å²) < 4.78 is 13.5. The molecule has 0 radical (unpaired) electrons. The van der Waals surface area contributed by atoms with Gasteiger partial charge < -0.3 is 9.47 Å². The second-order valence-electron chi connectivity index (χ2n) is 10.3. The van der Waals surface area contributed by atoms with Crippen LogP contribution in [0.5, 0.6) is 17.2 Å². The first kappa shape index (κ1) is 26.4. The molecule has 1 aliphatic carbocycles. The first-order valence-corrected chi connectivity index (χ1v) is 13.8. The van der Waals surface area contributed by atoms with Crippen LogP contribution in [0.4, 0.5) is 0 Å². The van der Waals surface area contributed by atoms with Crippen molar-refractivity contribution in [2.24, 2.45) is 0 Å². The van der Waals surface area contributed by atoms with Gasteiger partial charge in [-0.3, -0.25) is 24.2 Å². The van der Waals surface area contributed by atoms with Crippen molar-refractivity contribution in [2.75, 3.05) is 7.11 Å². The number of hydrogen-bond donors (Lipinski definition) is 0. The predicted molar refractivity (Wildman–Crippen MR) is 157 cm³/mol. The Kier molecular flexibility index (Phi) is 7.05. The Balaban J connectivity index is 1.24. The van der Waals surface area contributed by atoms with Gasteiger partial charge >= 0.3 is 0 Å². The Morgan fingerprint density at radius 3 is 2.51 bits per heavy atom. The zero-order chi connectivity index (χ0) is 28.5. The van der Waals surface area contributed by atoms with E-state index in [1.165, 1.54) is 0 Å². The minimum absolute atomic E-state index is 0.0419. The summed E-state index contributed by atoms with van der Waals surface area (Å²) >= 11 is 0. The highest BCUT2D eigenvalue weighted by molar-refractivity contribution is 5.96. The number of aromatic nitrogens is 4. The number of ether oxygens (including phenoxy) is 2. The molecule has 0 unspecified atom stereocenters. The number of aryl methyl sites for hydroxylation is 2.